The molecule has 6 nitrogen and oxygen atoms in total. The number of amides is 2. The number of likely N-dealkylation sites (tertiary alicyclic amines) is 1. The van der Waals surface area contributed by atoms with Crippen molar-refractivity contribution < 1.29 is 9.59 Å². The first-order valence-corrected chi connectivity index (χ1v) is 7.05. The molecule has 1 aromatic carbocycles. The molecule has 0 aromatic heterocycles. The lowest BCUT2D eigenvalue weighted by Crippen LogP contribution is -2.39. The van der Waals surface area contributed by atoms with Gasteiger partial charge in [-0.05, 0) is 38.1 Å². The monoisotopic (exact) mass is 310 g/mol. The topological polar surface area (TPSA) is 101 Å². The molecule has 1 atom stereocenters. The maximum absolute atomic E-state index is 12.0. The van der Waals surface area contributed by atoms with E-state index in [9.17, 15) is 9.59 Å². The van der Waals surface area contributed by atoms with E-state index in [1.807, 2.05) is 11.8 Å². The number of anilines is 2. The van der Waals surface area contributed by atoms with Crippen molar-refractivity contribution in [3.05, 3.63) is 23.2 Å². The standard InChI is InChI=1S/C14H19ClN4O2/c1-14(13(17)21)4-5-19(8-14)7-12(20)18-11-6-9(16)2-3-10(11)15/h2-3,6H,4-5,7-8,16H2,1H3,(H2,17,21)(H,18,20). The lowest BCUT2D eigenvalue weighted by molar-refractivity contribution is -0.126. The quantitative estimate of drug-likeness (QED) is 0.724. The van der Waals surface area contributed by atoms with Gasteiger partial charge in [0.1, 0.15) is 0 Å². The molecule has 7 heteroatoms. The maximum atomic E-state index is 12.0. The third-order valence-corrected chi connectivity index (χ3v) is 4.11. The predicted octanol–water partition coefficient (Wildman–Crippen LogP) is 1.06. The first-order valence-electron chi connectivity index (χ1n) is 6.67. The van der Waals surface area contributed by atoms with Crippen molar-refractivity contribution in [2.45, 2.75) is 13.3 Å². The number of nitrogens with two attached hydrogens (primary N) is 2. The van der Waals surface area contributed by atoms with Crippen molar-refractivity contribution in [1.82, 2.24) is 4.90 Å². The molecule has 1 aliphatic rings. The highest BCUT2D eigenvalue weighted by Gasteiger charge is 2.39. The number of hydrogen-bond acceptors (Lipinski definition) is 4. The van der Waals surface area contributed by atoms with Gasteiger partial charge < -0.3 is 16.8 Å². The molecule has 1 fully saturated rings. The smallest absolute Gasteiger partial charge is 0.238 e. The number of hydrogen-bond donors (Lipinski definition) is 3. The summed E-state index contributed by atoms with van der Waals surface area (Å²) in [5, 5.41) is 3.16. The molecule has 0 bridgehead atoms. The van der Waals surface area contributed by atoms with Gasteiger partial charge in [0.15, 0.2) is 0 Å². The SMILES string of the molecule is CC1(C(N)=O)CCN(CC(=O)Nc2cc(N)ccc2Cl)C1. The average molecular weight is 311 g/mol. The third kappa shape index (κ3) is 3.65. The van der Waals surface area contributed by atoms with Gasteiger partial charge >= 0.3 is 0 Å². The van der Waals surface area contributed by atoms with E-state index in [-0.39, 0.29) is 18.4 Å². The molecule has 2 amide bonds. The van der Waals surface area contributed by atoms with Gasteiger partial charge in [0.25, 0.3) is 0 Å². The van der Waals surface area contributed by atoms with Crippen LogP contribution in [0, 0.1) is 5.41 Å². The van der Waals surface area contributed by atoms with Crippen molar-refractivity contribution in [3.8, 4) is 0 Å². The average Bonchev–Trinajstić information content (AvgIpc) is 2.77. The minimum Gasteiger partial charge on any atom is -0.399 e. The molecule has 0 saturated carbocycles. The fraction of sp³-hybridized carbons (Fsp3) is 0.429. The summed E-state index contributed by atoms with van der Waals surface area (Å²) in [6.07, 6.45) is 0.661. The van der Waals surface area contributed by atoms with E-state index in [4.69, 9.17) is 23.1 Å². The van der Waals surface area contributed by atoms with Gasteiger partial charge in [-0.25, -0.2) is 0 Å². The number of carbonyl (C=O) groups excluding carboxylic acids is 2. The zero-order valence-electron chi connectivity index (χ0n) is 11.9. The summed E-state index contributed by atoms with van der Waals surface area (Å²) in [5.41, 5.74) is 11.5. The van der Waals surface area contributed by atoms with Crippen molar-refractivity contribution in [1.29, 1.82) is 0 Å². The Kier molecular flexibility index (Phi) is 4.39. The van der Waals surface area contributed by atoms with Gasteiger partial charge in [0, 0.05) is 12.2 Å². The first kappa shape index (κ1) is 15.6. The van der Waals surface area contributed by atoms with Crippen molar-refractivity contribution in [2.75, 3.05) is 30.7 Å². The lowest BCUT2D eigenvalue weighted by Gasteiger charge is -2.20. The molecule has 0 radical (unpaired) electrons. The number of nitrogens with zero attached hydrogens (tertiary/aromatic N) is 1. The summed E-state index contributed by atoms with van der Waals surface area (Å²) in [7, 11) is 0. The van der Waals surface area contributed by atoms with Gasteiger partial charge in [0.2, 0.25) is 11.8 Å². The molecule has 114 valence electrons. The number of nitrogens with one attached hydrogen (secondary N) is 1. The van der Waals surface area contributed by atoms with Crippen molar-refractivity contribution in [3.63, 3.8) is 0 Å². The zero-order chi connectivity index (χ0) is 15.6. The van der Waals surface area contributed by atoms with Crippen LogP contribution >= 0.6 is 11.6 Å². The summed E-state index contributed by atoms with van der Waals surface area (Å²) in [6, 6.07) is 4.90. The van der Waals surface area contributed by atoms with Crippen LogP contribution in [0.25, 0.3) is 0 Å². The summed E-state index contributed by atoms with van der Waals surface area (Å²) < 4.78 is 0. The van der Waals surface area contributed by atoms with Crippen LogP contribution in [0.1, 0.15) is 13.3 Å². The minimum absolute atomic E-state index is 0.188. The first-order chi connectivity index (χ1) is 9.80. The van der Waals surface area contributed by atoms with Crippen LogP contribution in [-0.4, -0.2) is 36.3 Å². The van der Waals surface area contributed by atoms with Gasteiger partial charge in [-0.2, -0.15) is 0 Å². The Morgan fingerprint density at radius 1 is 1.48 bits per heavy atom. The van der Waals surface area contributed by atoms with E-state index < -0.39 is 5.41 Å². The molecule has 1 saturated heterocycles. The van der Waals surface area contributed by atoms with E-state index in [1.165, 1.54) is 0 Å². The molecule has 1 aromatic rings. The fourth-order valence-electron chi connectivity index (χ4n) is 2.42. The zero-order valence-corrected chi connectivity index (χ0v) is 12.6. The predicted molar refractivity (Wildman–Crippen MR) is 82.9 cm³/mol. The van der Waals surface area contributed by atoms with E-state index >= 15 is 0 Å². The minimum atomic E-state index is -0.560. The second-order valence-corrected chi connectivity index (χ2v) is 6.08. The van der Waals surface area contributed by atoms with Crippen LogP contribution in [-0.2, 0) is 9.59 Å². The number of carbonyl (C=O) groups is 2. The Morgan fingerprint density at radius 3 is 2.81 bits per heavy atom. The van der Waals surface area contributed by atoms with Crippen LogP contribution in [0.15, 0.2) is 18.2 Å². The van der Waals surface area contributed by atoms with E-state index in [0.717, 1.165) is 0 Å². The molecule has 5 N–H and O–H groups in total. The number of halogens is 1. The molecule has 21 heavy (non-hydrogen) atoms. The molecule has 1 heterocycles. The lowest BCUT2D eigenvalue weighted by atomic mass is 9.89. The van der Waals surface area contributed by atoms with Crippen LogP contribution in [0.4, 0.5) is 11.4 Å². The number of nitrogen functional groups attached to an aromatic ring is 1. The van der Waals surface area contributed by atoms with E-state index in [2.05, 4.69) is 5.32 Å². The number of benzene rings is 1. The van der Waals surface area contributed by atoms with Crippen molar-refractivity contribution in [2.24, 2.45) is 11.1 Å². The van der Waals surface area contributed by atoms with Crippen LogP contribution in [0.5, 0.6) is 0 Å². The Morgan fingerprint density at radius 2 is 2.19 bits per heavy atom. The summed E-state index contributed by atoms with van der Waals surface area (Å²) in [6.45, 7) is 3.16. The summed E-state index contributed by atoms with van der Waals surface area (Å²) >= 11 is 6.00. The molecular formula is C14H19ClN4O2. The van der Waals surface area contributed by atoms with Gasteiger partial charge in [-0.3, -0.25) is 14.5 Å². The van der Waals surface area contributed by atoms with Crippen molar-refractivity contribution >= 4 is 34.8 Å². The van der Waals surface area contributed by atoms with Gasteiger partial charge in [0.05, 0.1) is 22.7 Å². The van der Waals surface area contributed by atoms with E-state index in [0.29, 0.717) is 35.9 Å². The maximum Gasteiger partial charge on any atom is 0.238 e. The Hall–Kier alpha value is -1.79. The largest absolute Gasteiger partial charge is 0.399 e. The highest BCUT2D eigenvalue weighted by Crippen LogP contribution is 2.29. The van der Waals surface area contributed by atoms with E-state index in [1.54, 1.807) is 18.2 Å². The normalized spacial score (nSPS) is 22.2. The molecule has 0 spiro atoms. The van der Waals surface area contributed by atoms with Crippen LogP contribution in [0.2, 0.25) is 5.02 Å². The van der Waals surface area contributed by atoms with Crippen LogP contribution < -0.4 is 16.8 Å². The molecule has 0 aliphatic carbocycles. The molecule has 1 aliphatic heterocycles. The highest BCUT2D eigenvalue weighted by atomic mass is 35.5. The Labute approximate surface area is 128 Å². The fourth-order valence-corrected chi connectivity index (χ4v) is 2.59. The number of primary amides is 1. The molecule has 1 unspecified atom stereocenters. The molecule has 2 rings (SSSR count). The Bertz CT molecular complexity index is 578. The van der Waals surface area contributed by atoms with Crippen LogP contribution in [0.3, 0.4) is 0 Å². The van der Waals surface area contributed by atoms with Gasteiger partial charge in [-0.1, -0.05) is 11.6 Å². The second kappa shape index (κ2) is 5.91. The molecular weight excluding hydrogens is 292 g/mol. The number of rotatable bonds is 4. The summed E-state index contributed by atoms with van der Waals surface area (Å²) in [4.78, 5) is 25.3. The Balaban J connectivity index is 1.94. The summed E-state index contributed by atoms with van der Waals surface area (Å²) in [5.74, 6) is -0.527. The van der Waals surface area contributed by atoms with Gasteiger partial charge in [-0.15, -0.1) is 0 Å². The second-order valence-electron chi connectivity index (χ2n) is 5.67. The third-order valence-electron chi connectivity index (χ3n) is 3.78. The highest BCUT2D eigenvalue weighted by molar-refractivity contribution is 6.33.